The average Bonchev–Trinajstić information content (AvgIpc) is 2.46. The second-order valence-corrected chi connectivity index (χ2v) is 5.08. The van der Waals surface area contributed by atoms with E-state index in [4.69, 9.17) is 9.47 Å². The molecule has 0 heterocycles. The molecular formula is C16H25NO3. The number of carbonyl (C=O) groups is 1. The van der Waals surface area contributed by atoms with Crippen molar-refractivity contribution in [3.8, 4) is 5.75 Å². The first-order valence-electron chi connectivity index (χ1n) is 6.98. The highest BCUT2D eigenvalue weighted by Gasteiger charge is 2.24. The molecule has 4 nitrogen and oxygen atoms in total. The average molecular weight is 279 g/mol. The molecule has 1 aromatic rings. The van der Waals surface area contributed by atoms with Crippen LogP contribution in [-0.2, 0) is 16.1 Å². The number of ether oxygens (including phenoxy) is 2. The van der Waals surface area contributed by atoms with Crippen LogP contribution in [0.4, 0.5) is 0 Å². The Morgan fingerprint density at radius 2 is 2.05 bits per heavy atom. The van der Waals surface area contributed by atoms with Crippen LogP contribution in [0.5, 0.6) is 5.75 Å². The highest BCUT2D eigenvalue weighted by atomic mass is 16.5. The van der Waals surface area contributed by atoms with Gasteiger partial charge in [-0.1, -0.05) is 38.0 Å². The lowest BCUT2D eigenvalue weighted by Crippen LogP contribution is -2.42. The number of carbonyl (C=O) groups excluding carboxylic acids is 1. The van der Waals surface area contributed by atoms with Crippen LogP contribution in [0.25, 0.3) is 0 Å². The third-order valence-corrected chi connectivity index (χ3v) is 3.62. The van der Waals surface area contributed by atoms with Gasteiger partial charge in [0.1, 0.15) is 11.8 Å². The summed E-state index contributed by atoms with van der Waals surface area (Å²) in [6, 6.07) is 5.73. The van der Waals surface area contributed by atoms with Crippen molar-refractivity contribution in [2.45, 2.75) is 39.8 Å². The first kappa shape index (κ1) is 16.5. The van der Waals surface area contributed by atoms with Crippen molar-refractivity contribution in [1.82, 2.24) is 5.32 Å². The Balaban J connectivity index is 2.81. The summed E-state index contributed by atoms with van der Waals surface area (Å²) in [5, 5.41) is 3.28. The van der Waals surface area contributed by atoms with Gasteiger partial charge < -0.3 is 9.47 Å². The highest BCUT2D eigenvalue weighted by Crippen LogP contribution is 2.20. The van der Waals surface area contributed by atoms with Crippen molar-refractivity contribution in [2.75, 3.05) is 14.2 Å². The van der Waals surface area contributed by atoms with E-state index in [1.807, 2.05) is 26.0 Å². The van der Waals surface area contributed by atoms with Crippen molar-refractivity contribution < 1.29 is 14.3 Å². The van der Waals surface area contributed by atoms with Crippen LogP contribution >= 0.6 is 0 Å². The van der Waals surface area contributed by atoms with Crippen LogP contribution < -0.4 is 10.1 Å². The summed E-state index contributed by atoms with van der Waals surface area (Å²) in [5.41, 5.74) is 2.21. The van der Waals surface area contributed by atoms with Crippen LogP contribution in [0.15, 0.2) is 18.2 Å². The van der Waals surface area contributed by atoms with Crippen LogP contribution in [0.1, 0.15) is 31.4 Å². The van der Waals surface area contributed by atoms with E-state index in [1.54, 1.807) is 7.11 Å². The number of methoxy groups -OCH3 is 2. The molecule has 0 bridgehead atoms. The molecule has 0 spiro atoms. The first-order chi connectivity index (χ1) is 9.53. The van der Waals surface area contributed by atoms with Crippen molar-refractivity contribution in [3.63, 3.8) is 0 Å². The van der Waals surface area contributed by atoms with Gasteiger partial charge in [0.25, 0.3) is 0 Å². The van der Waals surface area contributed by atoms with Crippen molar-refractivity contribution in [3.05, 3.63) is 29.3 Å². The topological polar surface area (TPSA) is 47.6 Å². The molecule has 0 fully saturated rings. The number of hydrogen-bond donors (Lipinski definition) is 1. The molecule has 0 saturated heterocycles. The Bertz CT molecular complexity index is 445. The predicted molar refractivity (Wildman–Crippen MR) is 79.8 cm³/mol. The molecule has 0 aliphatic rings. The molecule has 1 rings (SSSR count). The quantitative estimate of drug-likeness (QED) is 0.780. The maximum Gasteiger partial charge on any atom is 0.323 e. The number of rotatable bonds is 7. The monoisotopic (exact) mass is 279 g/mol. The molecule has 0 aromatic heterocycles. The minimum Gasteiger partial charge on any atom is -0.496 e. The Kier molecular flexibility index (Phi) is 6.52. The molecule has 1 N–H and O–H groups in total. The highest BCUT2D eigenvalue weighted by molar-refractivity contribution is 5.76. The lowest BCUT2D eigenvalue weighted by atomic mass is 9.99. The Hall–Kier alpha value is -1.55. The van der Waals surface area contributed by atoms with Gasteiger partial charge in [-0.05, 0) is 18.9 Å². The van der Waals surface area contributed by atoms with Gasteiger partial charge in [-0.3, -0.25) is 10.1 Å². The van der Waals surface area contributed by atoms with E-state index in [-0.39, 0.29) is 17.9 Å². The summed E-state index contributed by atoms with van der Waals surface area (Å²) in [5.74, 6) is 0.833. The van der Waals surface area contributed by atoms with Crippen LogP contribution in [0.3, 0.4) is 0 Å². The third-order valence-electron chi connectivity index (χ3n) is 3.62. The number of esters is 1. The largest absolute Gasteiger partial charge is 0.496 e. The smallest absolute Gasteiger partial charge is 0.323 e. The maximum atomic E-state index is 11.8. The number of benzene rings is 1. The fourth-order valence-electron chi connectivity index (χ4n) is 2.14. The lowest BCUT2D eigenvalue weighted by molar-refractivity contribution is -0.144. The molecular weight excluding hydrogens is 254 g/mol. The van der Waals surface area contributed by atoms with Crippen LogP contribution in [0.2, 0.25) is 0 Å². The van der Waals surface area contributed by atoms with Crippen LogP contribution in [-0.4, -0.2) is 26.2 Å². The predicted octanol–water partition coefficient (Wildman–Crippen LogP) is 2.68. The molecule has 4 heteroatoms. The number of aryl methyl sites for hydroxylation is 1. The molecule has 2 unspecified atom stereocenters. The summed E-state index contributed by atoms with van der Waals surface area (Å²) in [7, 11) is 3.08. The van der Waals surface area contributed by atoms with Gasteiger partial charge >= 0.3 is 5.97 Å². The van der Waals surface area contributed by atoms with Gasteiger partial charge in [0.05, 0.1) is 14.2 Å². The zero-order valence-electron chi connectivity index (χ0n) is 13.0. The zero-order valence-corrected chi connectivity index (χ0v) is 13.0. The second kappa shape index (κ2) is 7.90. The Labute approximate surface area is 121 Å². The van der Waals surface area contributed by atoms with E-state index in [0.29, 0.717) is 6.54 Å². The SMILES string of the molecule is CCC(C)C(NCc1cc(C)ccc1OC)C(=O)OC. The molecule has 0 radical (unpaired) electrons. The molecule has 20 heavy (non-hydrogen) atoms. The van der Waals surface area contributed by atoms with E-state index < -0.39 is 0 Å². The summed E-state index contributed by atoms with van der Waals surface area (Å²) in [6.45, 7) is 6.72. The summed E-state index contributed by atoms with van der Waals surface area (Å²) < 4.78 is 10.2. The van der Waals surface area contributed by atoms with E-state index >= 15 is 0 Å². The summed E-state index contributed by atoms with van der Waals surface area (Å²) in [4.78, 5) is 11.8. The van der Waals surface area contributed by atoms with Crippen molar-refractivity contribution >= 4 is 5.97 Å². The fraction of sp³-hybridized carbons (Fsp3) is 0.562. The van der Waals surface area contributed by atoms with E-state index in [9.17, 15) is 4.79 Å². The molecule has 0 aliphatic heterocycles. The first-order valence-corrected chi connectivity index (χ1v) is 6.98. The fourth-order valence-corrected chi connectivity index (χ4v) is 2.14. The van der Waals surface area contributed by atoms with Gasteiger partial charge in [-0.15, -0.1) is 0 Å². The summed E-state index contributed by atoms with van der Waals surface area (Å²) >= 11 is 0. The number of nitrogens with one attached hydrogen (secondary N) is 1. The van der Waals surface area contributed by atoms with Crippen molar-refractivity contribution in [1.29, 1.82) is 0 Å². The Morgan fingerprint density at radius 3 is 2.60 bits per heavy atom. The van der Waals surface area contributed by atoms with Gasteiger partial charge in [-0.2, -0.15) is 0 Å². The van der Waals surface area contributed by atoms with E-state index in [2.05, 4.69) is 18.3 Å². The van der Waals surface area contributed by atoms with Gasteiger partial charge in [0.15, 0.2) is 0 Å². The molecule has 0 saturated carbocycles. The Morgan fingerprint density at radius 1 is 1.35 bits per heavy atom. The van der Waals surface area contributed by atoms with Crippen LogP contribution in [0, 0.1) is 12.8 Å². The van der Waals surface area contributed by atoms with Gasteiger partial charge in [0.2, 0.25) is 0 Å². The number of hydrogen-bond acceptors (Lipinski definition) is 4. The van der Waals surface area contributed by atoms with Crippen molar-refractivity contribution in [2.24, 2.45) is 5.92 Å². The second-order valence-electron chi connectivity index (χ2n) is 5.08. The molecule has 2 atom stereocenters. The molecule has 0 amide bonds. The summed E-state index contributed by atoms with van der Waals surface area (Å²) in [6.07, 6.45) is 0.914. The van der Waals surface area contributed by atoms with Gasteiger partial charge in [-0.25, -0.2) is 0 Å². The standard InChI is InChI=1S/C16H25NO3/c1-6-12(3)15(16(18)20-5)17-10-13-9-11(2)7-8-14(13)19-4/h7-9,12,15,17H,6,10H2,1-5H3. The minimum absolute atomic E-state index is 0.217. The van der Waals surface area contributed by atoms with Gasteiger partial charge in [0, 0.05) is 12.1 Å². The zero-order chi connectivity index (χ0) is 15.1. The lowest BCUT2D eigenvalue weighted by Gasteiger charge is -2.22. The molecule has 0 aliphatic carbocycles. The minimum atomic E-state index is -0.296. The van der Waals surface area contributed by atoms with E-state index in [1.165, 1.54) is 12.7 Å². The maximum absolute atomic E-state index is 11.8. The third kappa shape index (κ3) is 4.23. The normalized spacial score (nSPS) is 13.7. The van der Waals surface area contributed by atoms with E-state index in [0.717, 1.165) is 17.7 Å². The molecule has 1 aromatic carbocycles. The molecule has 112 valence electrons.